The molecule has 0 radical (unpaired) electrons. The van der Waals surface area contributed by atoms with E-state index in [1.165, 1.54) is 12.1 Å². The Bertz CT molecular complexity index is 677. The van der Waals surface area contributed by atoms with E-state index < -0.39 is 19.9 Å². The van der Waals surface area contributed by atoms with E-state index in [1.807, 2.05) is 0 Å². The second-order valence-electron chi connectivity index (χ2n) is 4.34. The first-order chi connectivity index (χ1) is 8.52. The van der Waals surface area contributed by atoms with Gasteiger partial charge in [-0.2, -0.15) is 0 Å². The topological polar surface area (TPSA) is 104 Å². The lowest BCUT2D eigenvalue weighted by atomic mass is 10.1. The lowest BCUT2D eigenvalue weighted by Gasteiger charge is -2.13. The Morgan fingerprint density at radius 3 is 2.16 bits per heavy atom. The van der Waals surface area contributed by atoms with Gasteiger partial charge < -0.3 is 4.74 Å². The summed E-state index contributed by atoms with van der Waals surface area (Å²) in [7, 11) is -6.86. The van der Waals surface area contributed by atoms with Crippen molar-refractivity contribution in [3.05, 3.63) is 23.3 Å². The fourth-order valence-electron chi connectivity index (χ4n) is 1.54. The van der Waals surface area contributed by atoms with E-state index in [1.54, 1.807) is 13.8 Å². The molecule has 0 unspecified atom stereocenters. The first-order valence-corrected chi connectivity index (χ1v) is 9.06. The van der Waals surface area contributed by atoms with E-state index in [0.29, 0.717) is 16.9 Å². The minimum absolute atomic E-state index is 0.0217. The van der Waals surface area contributed by atoms with E-state index >= 15 is 0 Å². The molecule has 0 amide bonds. The predicted molar refractivity (Wildman–Crippen MR) is 72.5 cm³/mol. The molecular formula is C11H17NO5S2. The maximum Gasteiger partial charge on any atom is 0.238 e. The van der Waals surface area contributed by atoms with Gasteiger partial charge >= 0.3 is 0 Å². The van der Waals surface area contributed by atoms with E-state index in [0.717, 1.165) is 6.26 Å². The lowest BCUT2D eigenvalue weighted by molar-refractivity contribution is 0.338. The van der Waals surface area contributed by atoms with Crippen LogP contribution in [0.3, 0.4) is 0 Å². The molecule has 0 saturated carbocycles. The lowest BCUT2D eigenvalue weighted by Crippen LogP contribution is -2.15. The molecule has 8 heteroatoms. The van der Waals surface area contributed by atoms with Crippen LogP contribution in [0.15, 0.2) is 17.0 Å². The fraction of sp³-hybridized carbons (Fsp3) is 0.455. The second kappa shape index (κ2) is 5.48. The number of ether oxygens (including phenoxy) is 1. The van der Waals surface area contributed by atoms with Crippen LogP contribution >= 0.6 is 0 Å². The molecule has 0 saturated heterocycles. The summed E-state index contributed by atoms with van der Waals surface area (Å²) in [6.07, 6.45) is 1.12. The Balaban J connectivity index is 2.98. The largest absolute Gasteiger partial charge is 0.492 e. The van der Waals surface area contributed by atoms with Gasteiger partial charge in [0, 0.05) is 6.26 Å². The van der Waals surface area contributed by atoms with Crippen LogP contribution in [0.1, 0.15) is 11.1 Å². The molecule has 0 aromatic heterocycles. The number of benzene rings is 1. The summed E-state index contributed by atoms with van der Waals surface area (Å²) < 4.78 is 50.0. The standard InChI is InChI=1S/C11H17NO5S2/c1-8-9(2)11(19(12,15)16)5-4-10(8)17-6-7-18(3,13)14/h4-5H,6-7H2,1-3H3,(H2,12,15,16). The predicted octanol–water partition coefficient (Wildman–Crippen LogP) is 0.374. The van der Waals surface area contributed by atoms with Crippen LogP contribution in [0, 0.1) is 13.8 Å². The summed E-state index contributed by atoms with van der Waals surface area (Å²) in [4.78, 5) is 0.0421. The van der Waals surface area contributed by atoms with Gasteiger partial charge in [0.1, 0.15) is 12.4 Å². The smallest absolute Gasteiger partial charge is 0.238 e. The van der Waals surface area contributed by atoms with E-state index in [-0.39, 0.29) is 17.3 Å². The summed E-state index contributed by atoms with van der Waals surface area (Å²) in [5, 5.41) is 5.09. The highest BCUT2D eigenvalue weighted by Crippen LogP contribution is 2.26. The van der Waals surface area contributed by atoms with Crippen molar-refractivity contribution in [2.24, 2.45) is 5.14 Å². The highest BCUT2D eigenvalue weighted by Gasteiger charge is 2.15. The zero-order valence-electron chi connectivity index (χ0n) is 11.0. The van der Waals surface area contributed by atoms with Gasteiger partial charge in [0.15, 0.2) is 9.84 Å². The van der Waals surface area contributed by atoms with E-state index in [4.69, 9.17) is 9.88 Å². The molecule has 1 aromatic carbocycles. The van der Waals surface area contributed by atoms with Gasteiger partial charge in [0.25, 0.3) is 0 Å². The average Bonchev–Trinajstić information content (AvgIpc) is 2.20. The third-order valence-corrected chi connectivity index (χ3v) is 4.67. The number of nitrogens with two attached hydrogens (primary N) is 1. The van der Waals surface area contributed by atoms with Gasteiger partial charge in [-0.15, -0.1) is 0 Å². The van der Waals surface area contributed by atoms with Crippen molar-refractivity contribution in [1.82, 2.24) is 0 Å². The minimum Gasteiger partial charge on any atom is -0.492 e. The third kappa shape index (κ3) is 4.48. The summed E-state index contributed by atoms with van der Waals surface area (Å²) >= 11 is 0. The number of rotatable bonds is 5. The molecule has 0 aliphatic rings. The number of hydrogen-bond acceptors (Lipinski definition) is 5. The molecule has 0 heterocycles. The summed E-state index contributed by atoms with van der Waals surface area (Å²) in [6, 6.07) is 2.83. The van der Waals surface area contributed by atoms with Crippen LogP contribution in [0.25, 0.3) is 0 Å². The quantitative estimate of drug-likeness (QED) is 0.846. The molecular weight excluding hydrogens is 290 g/mol. The van der Waals surface area contributed by atoms with Crippen LogP contribution in [0.2, 0.25) is 0 Å². The van der Waals surface area contributed by atoms with Crippen LogP contribution in [-0.2, 0) is 19.9 Å². The minimum atomic E-state index is -3.77. The highest BCUT2D eigenvalue weighted by atomic mass is 32.2. The van der Waals surface area contributed by atoms with Gasteiger partial charge in [-0.05, 0) is 37.1 Å². The molecule has 0 atom stereocenters. The van der Waals surface area contributed by atoms with E-state index in [2.05, 4.69) is 0 Å². The van der Waals surface area contributed by atoms with E-state index in [9.17, 15) is 16.8 Å². The Morgan fingerprint density at radius 1 is 1.11 bits per heavy atom. The van der Waals surface area contributed by atoms with Gasteiger partial charge in [0.2, 0.25) is 10.0 Å². The average molecular weight is 307 g/mol. The Labute approximate surface area is 113 Å². The normalized spacial score (nSPS) is 12.4. The molecule has 1 rings (SSSR count). The second-order valence-corrected chi connectivity index (χ2v) is 8.12. The monoisotopic (exact) mass is 307 g/mol. The van der Waals surface area contributed by atoms with Crippen molar-refractivity contribution >= 4 is 19.9 Å². The zero-order valence-corrected chi connectivity index (χ0v) is 12.6. The molecule has 19 heavy (non-hydrogen) atoms. The van der Waals surface area contributed by atoms with Crippen molar-refractivity contribution in [3.8, 4) is 5.75 Å². The maximum atomic E-state index is 11.3. The van der Waals surface area contributed by atoms with Gasteiger partial charge in [-0.25, -0.2) is 22.0 Å². The first-order valence-electron chi connectivity index (χ1n) is 5.46. The van der Waals surface area contributed by atoms with Crippen molar-refractivity contribution in [1.29, 1.82) is 0 Å². The molecule has 0 spiro atoms. The SMILES string of the molecule is Cc1c(OCCS(C)(=O)=O)ccc(S(N)(=O)=O)c1C. The Morgan fingerprint density at radius 2 is 1.68 bits per heavy atom. The van der Waals surface area contributed by atoms with Gasteiger partial charge in [-0.3, -0.25) is 0 Å². The number of sulfone groups is 1. The van der Waals surface area contributed by atoms with Crippen LogP contribution in [0.5, 0.6) is 5.75 Å². The Hall–Kier alpha value is -1.12. The fourth-order valence-corrected chi connectivity index (χ4v) is 2.76. The summed E-state index contributed by atoms with van der Waals surface area (Å²) in [6.45, 7) is 3.34. The third-order valence-electron chi connectivity index (χ3n) is 2.71. The molecule has 0 aliphatic carbocycles. The van der Waals surface area contributed by atoms with Crippen molar-refractivity contribution in [2.45, 2.75) is 18.7 Å². The molecule has 1 aromatic rings. The van der Waals surface area contributed by atoms with Gasteiger partial charge in [0.05, 0.1) is 10.6 Å². The number of primary sulfonamides is 1. The molecule has 108 valence electrons. The first kappa shape index (κ1) is 15.9. The van der Waals surface area contributed by atoms with Crippen LogP contribution in [0.4, 0.5) is 0 Å². The summed E-state index contributed by atoms with van der Waals surface area (Å²) in [5.41, 5.74) is 1.12. The van der Waals surface area contributed by atoms with Crippen LogP contribution < -0.4 is 9.88 Å². The summed E-state index contributed by atoms with van der Waals surface area (Å²) in [5.74, 6) is 0.358. The van der Waals surface area contributed by atoms with Crippen molar-refractivity contribution in [3.63, 3.8) is 0 Å². The zero-order chi connectivity index (χ0) is 14.8. The highest BCUT2D eigenvalue weighted by molar-refractivity contribution is 7.90. The van der Waals surface area contributed by atoms with Crippen molar-refractivity contribution in [2.75, 3.05) is 18.6 Å². The van der Waals surface area contributed by atoms with Crippen LogP contribution in [-0.4, -0.2) is 35.5 Å². The number of sulfonamides is 1. The van der Waals surface area contributed by atoms with Gasteiger partial charge in [-0.1, -0.05) is 0 Å². The Kier molecular flexibility index (Phi) is 4.59. The number of hydrogen-bond donors (Lipinski definition) is 1. The molecule has 0 fully saturated rings. The van der Waals surface area contributed by atoms with Crippen molar-refractivity contribution < 1.29 is 21.6 Å². The molecule has 0 aliphatic heterocycles. The molecule has 2 N–H and O–H groups in total. The molecule has 0 bridgehead atoms. The molecule has 6 nitrogen and oxygen atoms in total. The maximum absolute atomic E-state index is 11.3.